The number of hydrogen-bond acceptors (Lipinski definition) is 3. The normalized spacial score (nSPS) is 23.8. The van der Waals surface area contributed by atoms with Gasteiger partial charge in [0.15, 0.2) is 0 Å². The molecule has 1 aliphatic carbocycles. The first-order valence-electron chi connectivity index (χ1n) is 6.91. The van der Waals surface area contributed by atoms with Crippen LogP contribution in [0.4, 0.5) is 0 Å². The van der Waals surface area contributed by atoms with Gasteiger partial charge >= 0.3 is 0 Å². The van der Waals surface area contributed by atoms with E-state index in [4.69, 9.17) is 10.1 Å². The topological polar surface area (TPSA) is 30.2 Å². The van der Waals surface area contributed by atoms with E-state index in [0.29, 0.717) is 11.8 Å². The standard InChI is InChI=1S/C14H21N3S/c1-8(2)5-12-16-17-11-7-9(3)6-10(4)13(11)15-14(17)18-12/h8-10H,5-7H2,1-4H3. The minimum Gasteiger partial charge on any atom is -0.222 e. The van der Waals surface area contributed by atoms with E-state index in [2.05, 4.69) is 32.2 Å². The number of imidazole rings is 1. The molecule has 0 fully saturated rings. The minimum absolute atomic E-state index is 0.589. The first kappa shape index (κ1) is 12.2. The molecule has 0 spiro atoms. The van der Waals surface area contributed by atoms with Crippen LogP contribution in [0.1, 0.15) is 56.4 Å². The van der Waals surface area contributed by atoms with Crippen molar-refractivity contribution in [2.75, 3.05) is 0 Å². The van der Waals surface area contributed by atoms with Crippen LogP contribution in [0.5, 0.6) is 0 Å². The summed E-state index contributed by atoms with van der Waals surface area (Å²) in [4.78, 5) is 5.91. The highest BCUT2D eigenvalue weighted by Gasteiger charge is 2.27. The third-order valence-electron chi connectivity index (χ3n) is 3.72. The van der Waals surface area contributed by atoms with Crippen LogP contribution in [0.2, 0.25) is 0 Å². The number of fused-ring (bicyclic) bond motifs is 3. The second-order valence-corrected chi connectivity index (χ2v) is 7.22. The minimum atomic E-state index is 0.589. The summed E-state index contributed by atoms with van der Waals surface area (Å²) in [6.07, 6.45) is 3.45. The van der Waals surface area contributed by atoms with Crippen LogP contribution in [0.3, 0.4) is 0 Å². The Balaban J connectivity index is 2.04. The van der Waals surface area contributed by atoms with Crippen LogP contribution in [0, 0.1) is 11.8 Å². The Morgan fingerprint density at radius 3 is 2.89 bits per heavy atom. The molecule has 18 heavy (non-hydrogen) atoms. The lowest BCUT2D eigenvalue weighted by Gasteiger charge is -2.22. The molecule has 0 saturated heterocycles. The maximum atomic E-state index is 4.82. The number of rotatable bonds is 2. The van der Waals surface area contributed by atoms with Crippen molar-refractivity contribution in [2.45, 2.75) is 52.9 Å². The zero-order valence-corrected chi connectivity index (χ0v) is 12.4. The summed E-state index contributed by atoms with van der Waals surface area (Å²) in [5.41, 5.74) is 2.66. The Morgan fingerprint density at radius 1 is 1.39 bits per heavy atom. The van der Waals surface area contributed by atoms with Crippen molar-refractivity contribution < 1.29 is 0 Å². The van der Waals surface area contributed by atoms with E-state index in [1.165, 1.54) is 22.8 Å². The smallest absolute Gasteiger partial charge is 0.212 e. The molecule has 1 aliphatic rings. The molecule has 0 aromatic carbocycles. The fourth-order valence-electron chi connectivity index (χ4n) is 2.99. The molecule has 2 unspecified atom stereocenters. The lowest BCUT2D eigenvalue weighted by Crippen LogP contribution is -2.16. The SMILES string of the molecule is CC(C)Cc1nn2c3c(nc2s1)C(C)CC(C)C3. The molecule has 2 aromatic heterocycles. The van der Waals surface area contributed by atoms with E-state index >= 15 is 0 Å². The van der Waals surface area contributed by atoms with Crippen molar-refractivity contribution in [1.82, 2.24) is 14.6 Å². The van der Waals surface area contributed by atoms with Crippen molar-refractivity contribution in [2.24, 2.45) is 11.8 Å². The maximum Gasteiger partial charge on any atom is 0.212 e. The Bertz CT molecular complexity index is 567. The highest BCUT2D eigenvalue weighted by atomic mass is 32.1. The molecule has 3 nitrogen and oxygen atoms in total. The van der Waals surface area contributed by atoms with Crippen molar-refractivity contribution in [3.63, 3.8) is 0 Å². The van der Waals surface area contributed by atoms with Crippen LogP contribution in [-0.4, -0.2) is 14.6 Å². The van der Waals surface area contributed by atoms with Crippen molar-refractivity contribution in [3.05, 3.63) is 16.4 Å². The summed E-state index contributed by atoms with van der Waals surface area (Å²) in [6, 6.07) is 0. The van der Waals surface area contributed by atoms with Crippen molar-refractivity contribution in [3.8, 4) is 0 Å². The summed E-state index contributed by atoms with van der Waals surface area (Å²) >= 11 is 1.76. The van der Waals surface area contributed by atoms with Gasteiger partial charge in [-0.1, -0.05) is 39.0 Å². The first-order valence-corrected chi connectivity index (χ1v) is 7.73. The van der Waals surface area contributed by atoms with E-state index < -0.39 is 0 Å². The highest BCUT2D eigenvalue weighted by Crippen LogP contribution is 2.35. The average molecular weight is 263 g/mol. The van der Waals surface area contributed by atoms with Gasteiger partial charge in [-0.25, -0.2) is 9.50 Å². The van der Waals surface area contributed by atoms with Crippen LogP contribution < -0.4 is 0 Å². The second kappa shape index (κ2) is 4.34. The van der Waals surface area contributed by atoms with Gasteiger partial charge in [-0.3, -0.25) is 0 Å². The van der Waals surface area contributed by atoms with E-state index in [-0.39, 0.29) is 0 Å². The zero-order valence-electron chi connectivity index (χ0n) is 11.6. The van der Waals surface area contributed by atoms with Gasteiger partial charge in [0, 0.05) is 12.3 Å². The van der Waals surface area contributed by atoms with Crippen LogP contribution in [0.25, 0.3) is 4.96 Å². The van der Waals surface area contributed by atoms with Crippen LogP contribution >= 0.6 is 11.3 Å². The summed E-state index contributed by atoms with van der Waals surface area (Å²) in [7, 11) is 0. The van der Waals surface area contributed by atoms with Gasteiger partial charge in [-0.15, -0.1) is 0 Å². The predicted octanol–water partition coefficient (Wildman–Crippen LogP) is 3.68. The maximum absolute atomic E-state index is 4.82. The highest BCUT2D eigenvalue weighted by molar-refractivity contribution is 7.16. The molecule has 2 heterocycles. The lowest BCUT2D eigenvalue weighted by atomic mass is 9.84. The molecule has 3 rings (SSSR count). The predicted molar refractivity (Wildman–Crippen MR) is 75.3 cm³/mol. The Labute approximate surface area is 112 Å². The number of aromatic nitrogens is 3. The van der Waals surface area contributed by atoms with Crippen molar-refractivity contribution in [1.29, 1.82) is 0 Å². The quantitative estimate of drug-likeness (QED) is 0.827. The Kier molecular flexibility index (Phi) is 2.93. The van der Waals surface area contributed by atoms with Gasteiger partial charge in [0.1, 0.15) is 5.01 Å². The van der Waals surface area contributed by atoms with Crippen LogP contribution in [-0.2, 0) is 12.8 Å². The third kappa shape index (κ3) is 1.96. The van der Waals surface area contributed by atoms with E-state index in [9.17, 15) is 0 Å². The Morgan fingerprint density at radius 2 is 2.17 bits per heavy atom. The monoisotopic (exact) mass is 263 g/mol. The van der Waals surface area contributed by atoms with E-state index in [1.54, 1.807) is 11.3 Å². The van der Waals surface area contributed by atoms with Gasteiger partial charge in [0.2, 0.25) is 4.96 Å². The molecule has 0 radical (unpaired) electrons. The van der Waals surface area contributed by atoms with E-state index in [0.717, 1.165) is 23.7 Å². The third-order valence-corrected chi connectivity index (χ3v) is 4.65. The lowest BCUT2D eigenvalue weighted by molar-refractivity contribution is 0.435. The molecule has 98 valence electrons. The molecule has 4 heteroatoms. The average Bonchev–Trinajstić information content (AvgIpc) is 2.75. The number of hydrogen-bond donors (Lipinski definition) is 0. The molecule has 0 amide bonds. The molecule has 0 saturated carbocycles. The molecular formula is C14H21N3S. The van der Waals surface area contributed by atoms with Gasteiger partial charge in [-0.2, -0.15) is 5.10 Å². The Hall–Kier alpha value is -0.900. The molecular weight excluding hydrogens is 242 g/mol. The second-order valence-electron chi connectivity index (χ2n) is 6.18. The molecule has 0 N–H and O–H groups in total. The number of nitrogens with zero attached hydrogens (tertiary/aromatic N) is 3. The molecule has 0 aliphatic heterocycles. The summed E-state index contributed by atoms with van der Waals surface area (Å²) < 4.78 is 2.11. The molecule has 2 atom stereocenters. The molecule has 0 bridgehead atoms. The van der Waals surface area contributed by atoms with Gasteiger partial charge < -0.3 is 0 Å². The summed E-state index contributed by atoms with van der Waals surface area (Å²) in [5, 5.41) is 5.99. The van der Waals surface area contributed by atoms with Crippen molar-refractivity contribution >= 4 is 16.3 Å². The fraction of sp³-hybridized carbons (Fsp3) is 0.714. The van der Waals surface area contributed by atoms with Gasteiger partial charge in [0.05, 0.1) is 11.4 Å². The molecule has 2 aromatic rings. The zero-order chi connectivity index (χ0) is 12.9. The van der Waals surface area contributed by atoms with Crippen LogP contribution in [0.15, 0.2) is 0 Å². The largest absolute Gasteiger partial charge is 0.222 e. The summed E-state index contributed by atoms with van der Waals surface area (Å²) in [5.74, 6) is 2.00. The van der Waals surface area contributed by atoms with Gasteiger partial charge in [-0.05, 0) is 24.7 Å². The fourth-order valence-corrected chi connectivity index (χ4v) is 4.12. The van der Waals surface area contributed by atoms with Gasteiger partial charge in [0.25, 0.3) is 0 Å². The summed E-state index contributed by atoms with van der Waals surface area (Å²) in [6.45, 7) is 9.11. The van der Waals surface area contributed by atoms with E-state index in [1.807, 2.05) is 0 Å². The first-order chi connectivity index (χ1) is 8.54.